The van der Waals surface area contributed by atoms with E-state index in [1.807, 2.05) is 0 Å². The van der Waals surface area contributed by atoms with E-state index in [0.29, 0.717) is 11.4 Å². The molecule has 0 spiro atoms. The molecule has 0 saturated heterocycles. The number of ether oxygens (including phenoxy) is 1. The van der Waals surface area contributed by atoms with Crippen LogP contribution in [0.2, 0.25) is 0 Å². The number of hydrogen-bond donors (Lipinski definition) is 1. The van der Waals surface area contributed by atoms with Gasteiger partial charge in [0.1, 0.15) is 12.4 Å². The standard InChI is InChI=1S/C10H11NO4.Na/c1-7(12)11-8-4-2-3-5-9(8)15-6-10(13)14;/h2-5H,6H2,1H3,(H,11,12)(H,13,14);/q;+1/p-1. The van der Waals surface area contributed by atoms with Gasteiger partial charge in [0.25, 0.3) is 0 Å². The van der Waals surface area contributed by atoms with E-state index in [2.05, 4.69) is 5.32 Å². The van der Waals surface area contributed by atoms with Crippen LogP contribution in [-0.4, -0.2) is 18.5 Å². The predicted octanol–water partition coefficient (Wildman–Crippen LogP) is -3.22. The first-order valence-electron chi connectivity index (χ1n) is 4.29. The van der Waals surface area contributed by atoms with E-state index in [1.165, 1.54) is 6.92 Å². The molecule has 1 amide bonds. The van der Waals surface area contributed by atoms with E-state index in [0.717, 1.165) is 0 Å². The summed E-state index contributed by atoms with van der Waals surface area (Å²) in [5, 5.41) is 12.7. The molecule has 0 aromatic heterocycles. The number of amides is 1. The third-order valence-electron chi connectivity index (χ3n) is 1.54. The number of carbonyl (C=O) groups excluding carboxylic acids is 2. The van der Waals surface area contributed by atoms with E-state index < -0.39 is 12.6 Å². The van der Waals surface area contributed by atoms with Crippen LogP contribution in [0.15, 0.2) is 24.3 Å². The molecule has 1 aromatic rings. The molecule has 0 saturated carbocycles. The van der Waals surface area contributed by atoms with Crippen molar-refractivity contribution >= 4 is 17.6 Å². The molecule has 0 aliphatic heterocycles. The molecule has 1 rings (SSSR count). The van der Waals surface area contributed by atoms with Crippen molar-refractivity contribution in [2.24, 2.45) is 0 Å². The van der Waals surface area contributed by atoms with Gasteiger partial charge >= 0.3 is 29.6 Å². The second-order valence-corrected chi connectivity index (χ2v) is 2.84. The molecule has 80 valence electrons. The van der Waals surface area contributed by atoms with Gasteiger partial charge in [0.2, 0.25) is 5.91 Å². The van der Waals surface area contributed by atoms with Gasteiger partial charge in [-0.3, -0.25) is 4.79 Å². The number of para-hydroxylation sites is 2. The van der Waals surface area contributed by atoms with Crippen LogP contribution in [0.25, 0.3) is 0 Å². The van der Waals surface area contributed by atoms with Crippen molar-refractivity contribution in [1.82, 2.24) is 0 Å². The Morgan fingerprint density at radius 1 is 1.38 bits per heavy atom. The summed E-state index contributed by atoms with van der Waals surface area (Å²) in [6.07, 6.45) is 0. The second kappa shape index (κ2) is 7.27. The number of benzene rings is 1. The zero-order valence-electron chi connectivity index (χ0n) is 9.15. The molecule has 0 heterocycles. The van der Waals surface area contributed by atoms with Gasteiger partial charge in [-0.15, -0.1) is 0 Å². The molecule has 1 N–H and O–H groups in total. The number of nitrogens with one attached hydrogen (secondary N) is 1. The SMILES string of the molecule is CC(=O)Nc1ccccc1OCC(=O)[O-].[Na+]. The fraction of sp³-hybridized carbons (Fsp3) is 0.200. The second-order valence-electron chi connectivity index (χ2n) is 2.84. The summed E-state index contributed by atoms with van der Waals surface area (Å²) < 4.78 is 4.92. The Kier molecular flexibility index (Phi) is 6.80. The zero-order chi connectivity index (χ0) is 11.3. The number of anilines is 1. The number of carboxylic acids is 1. The summed E-state index contributed by atoms with van der Waals surface area (Å²) in [4.78, 5) is 21.0. The largest absolute Gasteiger partial charge is 1.00 e. The third kappa shape index (κ3) is 5.16. The summed E-state index contributed by atoms with van der Waals surface area (Å²) in [5.41, 5.74) is 0.436. The maximum absolute atomic E-state index is 10.8. The van der Waals surface area contributed by atoms with E-state index in [1.54, 1.807) is 24.3 Å². The number of carboxylic acid groups (broad SMARTS) is 1. The number of hydrogen-bond acceptors (Lipinski definition) is 4. The molecule has 1 aromatic carbocycles. The predicted molar refractivity (Wildman–Crippen MR) is 51.2 cm³/mol. The molecule has 6 heteroatoms. The van der Waals surface area contributed by atoms with Crippen LogP contribution in [0.5, 0.6) is 5.75 Å². The van der Waals surface area contributed by atoms with Gasteiger partial charge in [0.05, 0.1) is 11.7 Å². The van der Waals surface area contributed by atoms with Crippen LogP contribution < -0.4 is 44.7 Å². The Hall–Kier alpha value is -1.04. The molecule has 0 unspecified atom stereocenters. The normalized spacial score (nSPS) is 8.81. The fourth-order valence-electron chi connectivity index (χ4n) is 1.02. The van der Waals surface area contributed by atoms with Crippen molar-refractivity contribution in [3.8, 4) is 5.75 Å². The zero-order valence-corrected chi connectivity index (χ0v) is 11.1. The molecule has 16 heavy (non-hydrogen) atoms. The van der Waals surface area contributed by atoms with E-state index >= 15 is 0 Å². The maximum Gasteiger partial charge on any atom is 1.00 e. The molecule has 0 aliphatic carbocycles. The number of carbonyl (C=O) groups is 2. The Morgan fingerprint density at radius 3 is 2.56 bits per heavy atom. The maximum atomic E-state index is 10.8. The van der Waals surface area contributed by atoms with Gasteiger partial charge < -0.3 is 20.0 Å². The fourth-order valence-corrected chi connectivity index (χ4v) is 1.02. The molecule has 0 atom stereocenters. The van der Waals surface area contributed by atoms with Gasteiger partial charge in [-0.1, -0.05) is 12.1 Å². The molecule has 0 bridgehead atoms. The Morgan fingerprint density at radius 2 is 2.00 bits per heavy atom. The summed E-state index contributed by atoms with van der Waals surface area (Å²) in [6.45, 7) is 0.812. The first-order valence-corrected chi connectivity index (χ1v) is 4.29. The minimum atomic E-state index is -1.31. The number of aliphatic carboxylic acids is 1. The van der Waals surface area contributed by atoms with Crippen molar-refractivity contribution in [3.63, 3.8) is 0 Å². The van der Waals surface area contributed by atoms with Crippen molar-refractivity contribution in [2.45, 2.75) is 6.92 Å². The molecular formula is C10H10NNaO4. The molecule has 5 nitrogen and oxygen atoms in total. The Balaban J connectivity index is 0.00000225. The Bertz CT molecular complexity index is 381. The van der Waals surface area contributed by atoms with Crippen molar-refractivity contribution < 1.29 is 49.0 Å². The third-order valence-corrected chi connectivity index (χ3v) is 1.54. The topological polar surface area (TPSA) is 78.5 Å². The van der Waals surface area contributed by atoms with Gasteiger partial charge in [-0.05, 0) is 12.1 Å². The molecule has 0 aliphatic rings. The summed E-state index contributed by atoms with van der Waals surface area (Å²) in [7, 11) is 0. The van der Waals surface area contributed by atoms with Gasteiger partial charge in [-0.2, -0.15) is 0 Å². The summed E-state index contributed by atoms with van der Waals surface area (Å²) in [6, 6.07) is 6.56. The van der Waals surface area contributed by atoms with Gasteiger partial charge in [0.15, 0.2) is 0 Å². The molecular weight excluding hydrogens is 221 g/mol. The minimum absolute atomic E-state index is 0. The van der Waals surface area contributed by atoms with E-state index in [9.17, 15) is 14.7 Å². The van der Waals surface area contributed by atoms with Crippen LogP contribution in [0.3, 0.4) is 0 Å². The van der Waals surface area contributed by atoms with E-state index in [-0.39, 0.29) is 35.5 Å². The molecule has 0 radical (unpaired) electrons. The molecule has 0 fully saturated rings. The first kappa shape index (κ1) is 15.0. The minimum Gasteiger partial charge on any atom is -0.546 e. The average molecular weight is 231 g/mol. The summed E-state index contributed by atoms with van der Waals surface area (Å²) in [5.74, 6) is -1.26. The van der Waals surface area contributed by atoms with Crippen LogP contribution in [-0.2, 0) is 9.59 Å². The average Bonchev–Trinajstić information content (AvgIpc) is 2.15. The van der Waals surface area contributed by atoms with Crippen LogP contribution in [0, 0.1) is 0 Å². The smallest absolute Gasteiger partial charge is 0.546 e. The van der Waals surface area contributed by atoms with Crippen molar-refractivity contribution in [2.75, 3.05) is 11.9 Å². The number of rotatable bonds is 4. The van der Waals surface area contributed by atoms with Crippen LogP contribution in [0.4, 0.5) is 5.69 Å². The van der Waals surface area contributed by atoms with E-state index in [4.69, 9.17) is 4.74 Å². The van der Waals surface area contributed by atoms with Crippen LogP contribution in [0.1, 0.15) is 6.92 Å². The van der Waals surface area contributed by atoms with Gasteiger partial charge in [-0.25, -0.2) is 0 Å². The van der Waals surface area contributed by atoms with Crippen LogP contribution >= 0.6 is 0 Å². The van der Waals surface area contributed by atoms with Gasteiger partial charge in [0, 0.05) is 6.92 Å². The first-order chi connectivity index (χ1) is 7.09. The summed E-state index contributed by atoms with van der Waals surface area (Å²) >= 11 is 0. The quantitative estimate of drug-likeness (QED) is 0.553. The van der Waals surface area contributed by atoms with Crippen molar-refractivity contribution in [1.29, 1.82) is 0 Å². The monoisotopic (exact) mass is 231 g/mol. The van der Waals surface area contributed by atoms with Crippen molar-refractivity contribution in [3.05, 3.63) is 24.3 Å². The Labute approximate surface area is 115 Å².